The third-order valence-electron chi connectivity index (χ3n) is 4.03. The van der Waals surface area contributed by atoms with Gasteiger partial charge in [-0.15, -0.1) is 0 Å². The second-order valence-corrected chi connectivity index (χ2v) is 5.64. The van der Waals surface area contributed by atoms with Crippen LogP contribution in [0.1, 0.15) is 42.5 Å². The minimum atomic E-state index is -0.0469. The van der Waals surface area contributed by atoms with Crippen molar-refractivity contribution < 1.29 is 0 Å². The molecule has 20 heavy (non-hydrogen) atoms. The van der Waals surface area contributed by atoms with Crippen molar-refractivity contribution in [2.24, 2.45) is 0 Å². The van der Waals surface area contributed by atoms with Crippen LogP contribution in [0.3, 0.4) is 0 Å². The maximum absolute atomic E-state index is 12.4. The fourth-order valence-corrected chi connectivity index (χ4v) is 2.78. The van der Waals surface area contributed by atoms with E-state index in [4.69, 9.17) is 5.73 Å². The number of aryl methyl sites for hydroxylation is 1. The summed E-state index contributed by atoms with van der Waals surface area (Å²) in [6.07, 6.45) is 2.30. The second-order valence-electron chi connectivity index (χ2n) is 5.64. The normalized spacial score (nSPS) is 14.7. The van der Waals surface area contributed by atoms with Crippen molar-refractivity contribution in [3.05, 3.63) is 51.4 Å². The maximum atomic E-state index is 12.4. The quantitative estimate of drug-likeness (QED) is 0.928. The van der Waals surface area contributed by atoms with E-state index in [1.807, 2.05) is 0 Å². The van der Waals surface area contributed by atoms with Gasteiger partial charge in [0.2, 0.25) is 0 Å². The van der Waals surface area contributed by atoms with Gasteiger partial charge in [-0.3, -0.25) is 9.48 Å². The summed E-state index contributed by atoms with van der Waals surface area (Å²) in [5.41, 5.74) is 9.85. The third-order valence-corrected chi connectivity index (χ3v) is 4.03. The van der Waals surface area contributed by atoms with E-state index in [1.54, 1.807) is 4.68 Å². The van der Waals surface area contributed by atoms with Crippen LogP contribution in [0.25, 0.3) is 0 Å². The average Bonchev–Trinajstić information content (AvgIpc) is 3.24. The molecule has 4 heteroatoms. The molecule has 1 saturated carbocycles. The minimum Gasteiger partial charge on any atom is -0.393 e. The highest BCUT2D eigenvalue weighted by Crippen LogP contribution is 2.42. The first-order valence-electron chi connectivity index (χ1n) is 7.26. The predicted molar refractivity (Wildman–Crippen MR) is 81.0 cm³/mol. The van der Waals surface area contributed by atoms with Crippen LogP contribution in [0, 0.1) is 6.92 Å². The van der Waals surface area contributed by atoms with Crippen LogP contribution >= 0.6 is 0 Å². The molecule has 1 heterocycles. The Kier molecular flexibility index (Phi) is 3.16. The zero-order valence-corrected chi connectivity index (χ0v) is 12.1. The Morgan fingerprint density at radius 2 is 1.85 bits per heavy atom. The highest BCUT2D eigenvalue weighted by molar-refractivity contribution is 5.45. The lowest BCUT2D eigenvalue weighted by Gasteiger charge is -2.13. The first-order valence-corrected chi connectivity index (χ1v) is 7.26. The highest BCUT2D eigenvalue weighted by atomic mass is 16.1. The molecule has 2 N–H and O–H groups in total. The molecule has 0 saturated heterocycles. The van der Waals surface area contributed by atoms with Gasteiger partial charge in [0.15, 0.2) is 0 Å². The maximum Gasteiger partial charge on any atom is 0.290 e. The molecule has 3 rings (SSSR count). The molecule has 1 fully saturated rings. The molecule has 0 aliphatic heterocycles. The van der Waals surface area contributed by atoms with E-state index in [0.29, 0.717) is 18.2 Å². The Morgan fingerprint density at radius 1 is 1.20 bits per heavy atom. The molecular formula is C16H21N3O. The van der Waals surface area contributed by atoms with Crippen LogP contribution in [0.4, 0.5) is 5.69 Å². The van der Waals surface area contributed by atoms with Gasteiger partial charge in [-0.1, -0.05) is 29.8 Å². The van der Waals surface area contributed by atoms with Gasteiger partial charge in [0.1, 0.15) is 5.69 Å². The molecule has 0 atom stereocenters. The molecule has 2 aromatic rings. The van der Waals surface area contributed by atoms with Gasteiger partial charge in [0, 0.05) is 12.5 Å². The molecule has 1 aromatic heterocycles. The van der Waals surface area contributed by atoms with Crippen LogP contribution in [-0.2, 0) is 13.1 Å². The molecule has 1 aliphatic carbocycles. The number of nitrogen functional groups attached to an aromatic ring is 1. The Morgan fingerprint density at radius 3 is 2.40 bits per heavy atom. The number of anilines is 1. The van der Waals surface area contributed by atoms with E-state index in [0.717, 1.165) is 30.6 Å². The summed E-state index contributed by atoms with van der Waals surface area (Å²) < 4.78 is 3.85. The highest BCUT2D eigenvalue weighted by Gasteiger charge is 2.31. The molecule has 0 unspecified atom stereocenters. The topological polar surface area (TPSA) is 52.9 Å². The van der Waals surface area contributed by atoms with E-state index in [9.17, 15) is 4.79 Å². The van der Waals surface area contributed by atoms with E-state index >= 15 is 0 Å². The summed E-state index contributed by atoms with van der Waals surface area (Å²) in [5.74, 6) is 0.488. The molecule has 0 amide bonds. The van der Waals surface area contributed by atoms with Gasteiger partial charge < -0.3 is 5.73 Å². The van der Waals surface area contributed by atoms with E-state index in [2.05, 4.69) is 42.8 Å². The zero-order chi connectivity index (χ0) is 14.3. The van der Waals surface area contributed by atoms with Crippen LogP contribution < -0.4 is 11.3 Å². The number of hydrogen-bond donors (Lipinski definition) is 1. The number of rotatable bonds is 4. The molecule has 0 radical (unpaired) electrons. The van der Waals surface area contributed by atoms with Crippen molar-refractivity contribution in [2.75, 3.05) is 5.73 Å². The van der Waals surface area contributed by atoms with Crippen molar-refractivity contribution in [2.45, 2.75) is 45.7 Å². The Labute approximate surface area is 118 Å². The van der Waals surface area contributed by atoms with Crippen LogP contribution in [0.15, 0.2) is 29.1 Å². The number of benzene rings is 1. The third kappa shape index (κ3) is 2.15. The predicted octanol–water partition coefficient (Wildman–Crippen LogP) is 2.49. The summed E-state index contributed by atoms with van der Waals surface area (Å²) >= 11 is 0. The molecule has 1 aromatic carbocycles. The lowest BCUT2D eigenvalue weighted by molar-refractivity contribution is 0.473. The average molecular weight is 271 g/mol. The Hall–Kier alpha value is -1.97. The monoisotopic (exact) mass is 271 g/mol. The number of nitrogens with two attached hydrogens (primary N) is 1. The Bertz CT molecular complexity index is 675. The molecule has 0 spiro atoms. The van der Waals surface area contributed by atoms with Crippen molar-refractivity contribution >= 4 is 5.69 Å². The first-order chi connectivity index (χ1) is 9.61. The number of hydrogen-bond acceptors (Lipinski definition) is 2. The minimum absolute atomic E-state index is 0.0469. The fraction of sp³-hybridized carbons (Fsp3) is 0.438. The number of aromatic nitrogens is 2. The smallest absolute Gasteiger partial charge is 0.290 e. The standard InChI is InChI=1S/C16H21N3O/c1-3-18-15(13-8-9-13)14(17)16(20)19(18)10-12-6-4-11(2)5-7-12/h4-7,13H,3,8-10,17H2,1-2H3. The lowest BCUT2D eigenvalue weighted by Crippen LogP contribution is -2.24. The Balaban J connectivity index is 2.02. The summed E-state index contributed by atoms with van der Waals surface area (Å²) in [5, 5.41) is 0. The van der Waals surface area contributed by atoms with E-state index in [1.165, 1.54) is 5.56 Å². The van der Waals surface area contributed by atoms with Crippen molar-refractivity contribution in [1.82, 2.24) is 9.36 Å². The van der Waals surface area contributed by atoms with Gasteiger partial charge in [-0.05, 0) is 32.3 Å². The van der Waals surface area contributed by atoms with E-state index < -0.39 is 0 Å². The lowest BCUT2D eigenvalue weighted by atomic mass is 10.1. The zero-order valence-electron chi connectivity index (χ0n) is 12.1. The van der Waals surface area contributed by atoms with Crippen LogP contribution in [-0.4, -0.2) is 9.36 Å². The summed E-state index contributed by atoms with van der Waals surface area (Å²) in [6.45, 7) is 5.50. The van der Waals surface area contributed by atoms with Crippen molar-refractivity contribution in [3.8, 4) is 0 Å². The summed E-state index contributed by atoms with van der Waals surface area (Å²) in [6, 6.07) is 8.29. The van der Waals surface area contributed by atoms with Crippen molar-refractivity contribution in [1.29, 1.82) is 0 Å². The van der Waals surface area contributed by atoms with Gasteiger partial charge in [-0.25, -0.2) is 4.68 Å². The van der Waals surface area contributed by atoms with Crippen LogP contribution in [0.5, 0.6) is 0 Å². The number of nitrogens with zero attached hydrogens (tertiary/aromatic N) is 2. The molecule has 0 bridgehead atoms. The summed E-state index contributed by atoms with van der Waals surface area (Å²) in [7, 11) is 0. The van der Waals surface area contributed by atoms with Crippen LogP contribution in [0.2, 0.25) is 0 Å². The molecular weight excluding hydrogens is 250 g/mol. The van der Waals surface area contributed by atoms with Crippen molar-refractivity contribution in [3.63, 3.8) is 0 Å². The van der Waals surface area contributed by atoms with E-state index in [-0.39, 0.29) is 5.56 Å². The van der Waals surface area contributed by atoms with Gasteiger partial charge in [0.25, 0.3) is 5.56 Å². The van der Waals surface area contributed by atoms with Gasteiger partial charge in [0.05, 0.1) is 12.2 Å². The molecule has 106 valence electrons. The first kappa shape index (κ1) is 13.0. The fourth-order valence-electron chi connectivity index (χ4n) is 2.78. The molecule has 4 nitrogen and oxygen atoms in total. The molecule has 1 aliphatic rings. The second kappa shape index (κ2) is 4.85. The largest absolute Gasteiger partial charge is 0.393 e. The van der Waals surface area contributed by atoms with Gasteiger partial charge >= 0.3 is 0 Å². The van der Waals surface area contributed by atoms with Gasteiger partial charge in [-0.2, -0.15) is 0 Å². The SMILES string of the molecule is CCn1c(C2CC2)c(N)c(=O)n1Cc1ccc(C)cc1. The summed E-state index contributed by atoms with van der Waals surface area (Å²) in [4.78, 5) is 12.4.